The fourth-order valence-electron chi connectivity index (χ4n) is 8.48. The van der Waals surface area contributed by atoms with Gasteiger partial charge in [-0.3, -0.25) is 4.79 Å². The highest BCUT2D eigenvalue weighted by Gasteiger charge is 2.65. The molecule has 0 radical (unpaired) electrons. The number of hydrogen-bond donors (Lipinski definition) is 0. The number of ether oxygens (including phenoxy) is 1. The normalized spacial score (nSPS) is 32.7. The molecular formula is C32H51O3PS3. The summed E-state index contributed by atoms with van der Waals surface area (Å²) >= 11 is 0. The van der Waals surface area contributed by atoms with Crippen LogP contribution in [-0.2, 0) is 14.1 Å². The Bertz CT molecular complexity index is 1200. The van der Waals surface area contributed by atoms with Gasteiger partial charge in [0.1, 0.15) is 7.14 Å². The van der Waals surface area contributed by atoms with Crippen LogP contribution in [0.1, 0.15) is 84.6 Å². The molecule has 1 aromatic carbocycles. The van der Waals surface area contributed by atoms with E-state index in [4.69, 9.17) is 4.74 Å². The van der Waals surface area contributed by atoms with E-state index >= 15 is 0 Å². The van der Waals surface area contributed by atoms with Gasteiger partial charge in [-0.05, 0) is 98.5 Å². The molecule has 3 fully saturated rings. The van der Waals surface area contributed by atoms with E-state index in [1.807, 2.05) is 19.4 Å². The zero-order valence-electron chi connectivity index (χ0n) is 22.4. The number of carbonyl (C=O) groups is 1. The smallest absolute Gasteiger partial charge is 0.156 e. The lowest BCUT2D eigenvalue weighted by atomic mass is 9.50. The van der Waals surface area contributed by atoms with E-state index in [-0.39, 0.29) is 72.1 Å². The van der Waals surface area contributed by atoms with Crippen molar-refractivity contribution >= 4 is 58.7 Å². The van der Waals surface area contributed by atoms with Crippen molar-refractivity contribution in [3.8, 4) is 0 Å². The van der Waals surface area contributed by atoms with E-state index in [0.717, 1.165) is 50.4 Å². The number of allylic oxidation sites excluding steroid dienone is 4. The molecule has 220 valence electrons. The topological polar surface area (TPSA) is 43.4 Å². The van der Waals surface area contributed by atoms with E-state index in [2.05, 4.69) is 37.8 Å². The number of benzene rings is 1. The maximum atomic E-state index is 12.7. The van der Waals surface area contributed by atoms with Crippen LogP contribution < -0.4 is 5.30 Å². The Morgan fingerprint density at radius 1 is 0.974 bits per heavy atom. The van der Waals surface area contributed by atoms with Crippen LogP contribution in [0.15, 0.2) is 59.2 Å². The quantitative estimate of drug-likeness (QED) is 0.251. The van der Waals surface area contributed by atoms with Gasteiger partial charge in [0.25, 0.3) is 0 Å². The van der Waals surface area contributed by atoms with E-state index < -0.39 is 7.14 Å². The van der Waals surface area contributed by atoms with Crippen molar-refractivity contribution in [2.75, 3.05) is 19.9 Å². The van der Waals surface area contributed by atoms with Crippen molar-refractivity contribution in [1.82, 2.24) is 0 Å². The first-order chi connectivity index (χ1) is 16.1. The predicted molar refractivity (Wildman–Crippen MR) is 183 cm³/mol. The Morgan fingerprint density at radius 3 is 2.23 bits per heavy atom. The van der Waals surface area contributed by atoms with Gasteiger partial charge in [-0.15, -0.1) is 0 Å². The Labute approximate surface area is 258 Å². The molecule has 2 saturated carbocycles. The number of fused-ring (bicyclic) bond motifs is 5. The van der Waals surface area contributed by atoms with Crippen LogP contribution >= 0.6 is 47.6 Å². The second kappa shape index (κ2) is 12.7. The van der Waals surface area contributed by atoms with Crippen molar-refractivity contribution in [3.63, 3.8) is 0 Å². The molecule has 0 N–H and O–H groups in total. The molecular weight excluding hydrogens is 560 g/mol. The molecule has 0 bridgehead atoms. The summed E-state index contributed by atoms with van der Waals surface area (Å²) < 4.78 is 19.3. The van der Waals surface area contributed by atoms with Gasteiger partial charge in [0.05, 0.1) is 12.2 Å². The Hall–Kier alpha value is -0.650. The Morgan fingerprint density at radius 2 is 1.64 bits per heavy atom. The zero-order valence-corrected chi connectivity index (χ0v) is 26.3. The summed E-state index contributed by atoms with van der Waals surface area (Å²) in [6.07, 6.45) is 9.97. The van der Waals surface area contributed by atoms with Gasteiger partial charge < -0.3 is 9.30 Å². The van der Waals surface area contributed by atoms with Crippen molar-refractivity contribution in [2.24, 2.45) is 17.3 Å². The monoisotopic (exact) mass is 610 g/mol. The molecule has 1 aliphatic heterocycles. The molecule has 1 aromatic rings. The number of carbonyl (C=O) groups excluding carboxylic acids is 1. The number of hydrogen-bond acceptors (Lipinski definition) is 3. The molecule has 7 heteroatoms. The van der Waals surface area contributed by atoms with Crippen LogP contribution in [0.4, 0.5) is 0 Å². The van der Waals surface area contributed by atoms with Crippen LogP contribution in [0.25, 0.3) is 0 Å². The van der Waals surface area contributed by atoms with E-state index in [1.165, 1.54) is 28.7 Å². The average molecular weight is 611 g/mol. The predicted octanol–water partition coefficient (Wildman–Crippen LogP) is 8.16. The van der Waals surface area contributed by atoms with Crippen molar-refractivity contribution in [3.05, 3.63) is 64.8 Å². The van der Waals surface area contributed by atoms with Gasteiger partial charge >= 0.3 is 0 Å². The summed E-state index contributed by atoms with van der Waals surface area (Å²) in [5.41, 5.74) is 6.90. The third-order valence-corrected chi connectivity index (χ3v) is 11.6. The van der Waals surface area contributed by atoms with E-state index in [0.29, 0.717) is 24.2 Å². The molecule has 4 aliphatic carbocycles. The lowest BCUT2D eigenvalue weighted by Gasteiger charge is -2.55. The third kappa shape index (κ3) is 5.47. The van der Waals surface area contributed by atoms with Gasteiger partial charge in [0.2, 0.25) is 0 Å². The molecule has 0 unspecified atom stereocenters. The largest absolute Gasteiger partial charge is 0.370 e. The summed E-state index contributed by atoms with van der Waals surface area (Å²) in [5, 5.41) is 0.947. The molecule has 0 aromatic heterocycles. The second-order valence-electron chi connectivity index (χ2n) is 12.0. The summed E-state index contributed by atoms with van der Waals surface area (Å²) in [6, 6.07) is 8.63. The van der Waals surface area contributed by atoms with Gasteiger partial charge in [0, 0.05) is 23.1 Å². The van der Waals surface area contributed by atoms with E-state index in [1.54, 1.807) is 5.57 Å². The van der Waals surface area contributed by atoms with Crippen LogP contribution in [-0.4, -0.2) is 31.3 Å². The Kier molecular flexibility index (Phi) is 11.8. The van der Waals surface area contributed by atoms with Crippen molar-refractivity contribution < 1.29 is 14.1 Å². The molecule has 5 aliphatic rings. The molecule has 1 spiro atoms. The maximum Gasteiger partial charge on any atom is 0.156 e. The molecule has 5 atom stereocenters. The van der Waals surface area contributed by atoms with E-state index in [9.17, 15) is 9.36 Å². The van der Waals surface area contributed by atoms with Gasteiger partial charge in [-0.2, -0.15) is 40.5 Å². The molecule has 6 rings (SSSR count). The highest BCUT2D eigenvalue weighted by molar-refractivity contribution is 7.70. The number of rotatable bonds is 2. The number of ketones is 1. The van der Waals surface area contributed by atoms with Crippen molar-refractivity contribution in [2.45, 2.75) is 84.7 Å². The Balaban J connectivity index is 0.00000152. The summed E-state index contributed by atoms with van der Waals surface area (Å²) in [5.74, 6) is 1.75. The minimum absolute atomic E-state index is 0. The van der Waals surface area contributed by atoms with Gasteiger partial charge in [-0.1, -0.05) is 58.2 Å². The standard InChI is InChI=1S/C30H37O3P.2CH4.3H2S/c1-19-14-16-33-30(19)15-13-27-25-11-7-21-17-22(31)8-12-24(21)28(25)26(18-29(27,30)2)20-5-9-23(10-6-20)34(3,4)32;;;;;/h5-6,9-10,17,25-27H,1,7-8,11-16,18H2,2-4H3;2*1H4;3*1H2/t25-,26+,27-,29-,30+;;;;;/m0...../s1. The summed E-state index contributed by atoms with van der Waals surface area (Å²) in [4.78, 5) is 12.2. The molecule has 1 heterocycles. The fourth-order valence-corrected chi connectivity index (χ4v) is 9.35. The first kappa shape index (κ1) is 36.4. The highest BCUT2D eigenvalue weighted by atomic mass is 32.1. The lowest BCUT2D eigenvalue weighted by molar-refractivity contribution is -0.114. The minimum Gasteiger partial charge on any atom is -0.370 e. The SMILES string of the molecule is C.C.C=C1CCO[C@]12CC[C@H]1[C@@H]3CCC4=CC(=O)CCC4=C3[C@@H](c3ccc(P(C)(C)=O)cc3)C[C@@]12C.S.S.S. The first-order valence-corrected chi connectivity index (χ1v) is 15.7. The minimum atomic E-state index is -2.29. The first-order valence-electron chi connectivity index (χ1n) is 13.1. The van der Waals surface area contributed by atoms with Crippen LogP contribution in [0, 0.1) is 17.3 Å². The fraction of sp³-hybridized carbons (Fsp3) is 0.594. The van der Waals surface area contributed by atoms with Gasteiger partial charge in [-0.25, -0.2) is 0 Å². The third-order valence-electron chi connectivity index (χ3n) is 10.1. The van der Waals surface area contributed by atoms with Gasteiger partial charge in [0.15, 0.2) is 5.78 Å². The molecule has 1 saturated heterocycles. The second-order valence-corrected chi connectivity index (χ2v) is 15.2. The molecule has 0 amide bonds. The van der Waals surface area contributed by atoms with Crippen LogP contribution in [0.3, 0.4) is 0 Å². The summed E-state index contributed by atoms with van der Waals surface area (Å²) in [7, 11) is -2.29. The lowest BCUT2D eigenvalue weighted by Crippen LogP contribution is -2.52. The summed E-state index contributed by atoms with van der Waals surface area (Å²) in [6.45, 7) is 11.5. The van der Waals surface area contributed by atoms with Crippen LogP contribution in [0.5, 0.6) is 0 Å². The van der Waals surface area contributed by atoms with Crippen LogP contribution in [0.2, 0.25) is 0 Å². The molecule has 39 heavy (non-hydrogen) atoms. The van der Waals surface area contributed by atoms with Crippen molar-refractivity contribution in [1.29, 1.82) is 0 Å². The zero-order chi connectivity index (χ0) is 23.9. The molecule has 3 nitrogen and oxygen atoms in total. The maximum absolute atomic E-state index is 12.7. The highest BCUT2D eigenvalue weighted by Crippen LogP contribution is 2.70. The average Bonchev–Trinajstić information content (AvgIpc) is 3.32.